The molecule has 1 fully saturated rings. The number of likely N-dealkylation sites (tertiary alicyclic amines) is 1. The van der Waals surface area contributed by atoms with Crippen LogP contribution in [0.5, 0.6) is 0 Å². The molecule has 0 radical (unpaired) electrons. The Morgan fingerprint density at radius 3 is 2.64 bits per heavy atom. The first-order chi connectivity index (χ1) is 16.2. The summed E-state index contributed by atoms with van der Waals surface area (Å²) < 4.78 is 14.3. The van der Waals surface area contributed by atoms with Gasteiger partial charge in [-0.1, -0.05) is 36.8 Å². The van der Waals surface area contributed by atoms with Crippen molar-refractivity contribution in [2.45, 2.75) is 57.4 Å². The monoisotopic (exact) mass is 447 g/mol. The number of piperidine rings is 1. The van der Waals surface area contributed by atoms with Gasteiger partial charge >= 0.3 is 0 Å². The Morgan fingerprint density at radius 1 is 0.970 bits per heavy atom. The molecule has 1 N–H and O–H groups in total. The summed E-state index contributed by atoms with van der Waals surface area (Å²) in [7, 11) is 0. The molecule has 174 valence electrons. The van der Waals surface area contributed by atoms with E-state index in [2.05, 4.69) is 34.1 Å². The number of aromatic amines is 1. The van der Waals surface area contributed by atoms with Gasteiger partial charge < -0.3 is 14.8 Å². The third-order valence-corrected chi connectivity index (χ3v) is 7.56. The third kappa shape index (κ3) is 4.98. The number of fused-ring (bicyclic) bond motifs is 2. The van der Waals surface area contributed by atoms with Crippen molar-refractivity contribution < 1.29 is 9.18 Å². The first kappa shape index (κ1) is 22.1. The number of halogens is 1. The lowest BCUT2D eigenvalue weighted by molar-refractivity contribution is -0.132. The summed E-state index contributed by atoms with van der Waals surface area (Å²) in [6.45, 7) is 4.85. The van der Waals surface area contributed by atoms with E-state index in [-0.39, 0.29) is 5.82 Å². The van der Waals surface area contributed by atoms with Crippen molar-refractivity contribution in [1.82, 2.24) is 14.8 Å². The van der Waals surface area contributed by atoms with Crippen LogP contribution in [0, 0.1) is 5.82 Å². The van der Waals surface area contributed by atoms with Gasteiger partial charge in [0.15, 0.2) is 0 Å². The molecule has 0 aliphatic carbocycles. The van der Waals surface area contributed by atoms with Crippen LogP contribution < -0.4 is 0 Å². The van der Waals surface area contributed by atoms with Crippen molar-refractivity contribution >= 4 is 16.8 Å². The Hall–Kier alpha value is -2.66. The molecule has 0 spiro atoms. The molecule has 1 amide bonds. The number of rotatable bonds is 7. The minimum absolute atomic E-state index is 0.116. The molecule has 2 aliphatic rings. The molecule has 2 aromatic carbocycles. The fourth-order valence-electron chi connectivity index (χ4n) is 5.61. The lowest BCUT2D eigenvalue weighted by Gasteiger charge is -2.32. The molecule has 3 aromatic rings. The Labute approximate surface area is 195 Å². The number of hydrogen-bond donors (Lipinski definition) is 1. The average molecular weight is 448 g/mol. The van der Waals surface area contributed by atoms with Crippen LogP contribution in [0.15, 0.2) is 48.7 Å². The van der Waals surface area contributed by atoms with Crippen molar-refractivity contribution in [3.8, 4) is 0 Å². The minimum Gasteiger partial charge on any atom is -0.361 e. The first-order valence-corrected chi connectivity index (χ1v) is 12.5. The highest BCUT2D eigenvalue weighted by atomic mass is 19.1. The van der Waals surface area contributed by atoms with Gasteiger partial charge in [-0.3, -0.25) is 4.79 Å². The number of carbonyl (C=O) groups is 1. The lowest BCUT2D eigenvalue weighted by atomic mass is 9.89. The largest absolute Gasteiger partial charge is 0.361 e. The van der Waals surface area contributed by atoms with Gasteiger partial charge in [-0.15, -0.1) is 0 Å². The number of amides is 1. The van der Waals surface area contributed by atoms with Crippen molar-refractivity contribution in [3.63, 3.8) is 0 Å². The maximum absolute atomic E-state index is 14.3. The predicted octanol–water partition coefficient (Wildman–Crippen LogP) is 5.63. The van der Waals surface area contributed by atoms with E-state index < -0.39 is 0 Å². The van der Waals surface area contributed by atoms with Gasteiger partial charge in [0.05, 0.1) is 0 Å². The van der Waals surface area contributed by atoms with E-state index in [0.29, 0.717) is 18.2 Å². The zero-order valence-electron chi connectivity index (χ0n) is 19.4. The summed E-state index contributed by atoms with van der Waals surface area (Å²) in [5.74, 6) is 0.616. The Balaban J connectivity index is 1.01. The highest BCUT2D eigenvalue weighted by Gasteiger charge is 2.24. The summed E-state index contributed by atoms with van der Waals surface area (Å²) >= 11 is 0. The standard InChI is InChI=1S/C28H34FN3O/c29-25-9-6-10-26-28(25)24(19-30-26)22-12-16-31(17-13-22)15-5-1-2-11-27(33)32-18-14-21-7-3-4-8-23(21)20-32/h3-4,6-10,19,22,30H,1-2,5,11-18,20H2. The number of nitrogens with zero attached hydrogens (tertiary/aromatic N) is 2. The highest BCUT2D eigenvalue weighted by Crippen LogP contribution is 2.34. The fourth-order valence-corrected chi connectivity index (χ4v) is 5.61. The zero-order chi connectivity index (χ0) is 22.6. The van der Waals surface area contributed by atoms with Gasteiger partial charge in [-0.2, -0.15) is 0 Å². The van der Waals surface area contributed by atoms with E-state index in [4.69, 9.17) is 0 Å². The van der Waals surface area contributed by atoms with Crippen LogP contribution in [-0.4, -0.2) is 46.9 Å². The quantitative estimate of drug-likeness (QED) is 0.477. The molecule has 1 aromatic heterocycles. The summed E-state index contributed by atoms with van der Waals surface area (Å²) in [5.41, 5.74) is 4.73. The molecule has 0 atom stereocenters. The van der Waals surface area contributed by atoms with Gasteiger partial charge in [0.1, 0.15) is 5.82 Å². The third-order valence-electron chi connectivity index (χ3n) is 7.56. The van der Waals surface area contributed by atoms with Crippen LogP contribution >= 0.6 is 0 Å². The van der Waals surface area contributed by atoms with Crippen molar-refractivity contribution in [2.24, 2.45) is 0 Å². The molecule has 4 nitrogen and oxygen atoms in total. The number of nitrogens with one attached hydrogen (secondary N) is 1. The SMILES string of the molecule is O=C(CCCCCN1CCC(c2c[nH]c3cccc(F)c23)CC1)N1CCc2ccccc2C1. The molecule has 0 saturated carbocycles. The maximum Gasteiger partial charge on any atom is 0.222 e. The maximum atomic E-state index is 14.3. The summed E-state index contributed by atoms with van der Waals surface area (Å²) in [5, 5.41) is 0.776. The Bertz CT molecular complexity index is 1100. The molecule has 2 aliphatic heterocycles. The number of benzene rings is 2. The molecule has 0 bridgehead atoms. The second-order valence-electron chi connectivity index (χ2n) is 9.67. The van der Waals surface area contributed by atoms with Gasteiger partial charge in [-0.25, -0.2) is 4.39 Å². The van der Waals surface area contributed by atoms with Gasteiger partial charge in [-0.05, 0) is 86.5 Å². The van der Waals surface area contributed by atoms with Crippen LogP contribution in [0.25, 0.3) is 10.9 Å². The van der Waals surface area contributed by atoms with Crippen LogP contribution in [-0.2, 0) is 17.8 Å². The van der Waals surface area contributed by atoms with E-state index in [9.17, 15) is 9.18 Å². The van der Waals surface area contributed by atoms with E-state index in [1.807, 2.05) is 17.2 Å². The Morgan fingerprint density at radius 2 is 1.79 bits per heavy atom. The molecule has 3 heterocycles. The van der Waals surface area contributed by atoms with Crippen molar-refractivity contribution in [1.29, 1.82) is 0 Å². The smallest absolute Gasteiger partial charge is 0.222 e. The normalized spacial score (nSPS) is 17.4. The number of carbonyl (C=O) groups excluding carboxylic acids is 1. The van der Waals surface area contributed by atoms with Crippen molar-refractivity contribution in [3.05, 3.63) is 71.2 Å². The zero-order valence-corrected chi connectivity index (χ0v) is 19.4. The van der Waals surface area contributed by atoms with Crippen LogP contribution in [0.1, 0.15) is 61.1 Å². The summed E-state index contributed by atoms with van der Waals surface area (Å²) in [6, 6.07) is 13.7. The van der Waals surface area contributed by atoms with Crippen LogP contribution in [0.4, 0.5) is 4.39 Å². The summed E-state index contributed by atoms with van der Waals surface area (Å²) in [4.78, 5) is 20.4. The second kappa shape index (κ2) is 10.1. The van der Waals surface area contributed by atoms with E-state index in [0.717, 1.165) is 87.7 Å². The van der Waals surface area contributed by atoms with E-state index in [1.165, 1.54) is 11.1 Å². The van der Waals surface area contributed by atoms with Crippen LogP contribution in [0.3, 0.4) is 0 Å². The number of hydrogen-bond acceptors (Lipinski definition) is 2. The molecular formula is C28H34FN3O. The lowest BCUT2D eigenvalue weighted by Crippen LogP contribution is -2.35. The Kier molecular flexibility index (Phi) is 6.77. The van der Waals surface area contributed by atoms with Crippen LogP contribution in [0.2, 0.25) is 0 Å². The van der Waals surface area contributed by atoms with E-state index >= 15 is 0 Å². The number of aromatic nitrogens is 1. The fraction of sp³-hybridized carbons (Fsp3) is 0.464. The summed E-state index contributed by atoms with van der Waals surface area (Å²) in [6.07, 6.45) is 9.02. The van der Waals surface area contributed by atoms with Gasteiger partial charge in [0, 0.05) is 36.6 Å². The van der Waals surface area contributed by atoms with E-state index in [1.54, 1.807) is 12.1 Å². The van der Waals surface area contributed by atoms with Gasteiger partial charge in [0.25, 0.3) is 0 Å². The average Bonchev–Trinajstić information content (AvgIpc) is 3.29. The predicted molar refractivity (Wildman–Crippen MR) is 131 cm³/mol. The first-order valence-electron chi connectivity index (χ1n) is 12.5. The second-order valence-corrected chi connectivity index (χ2v) is 9.67. The minimum atomic E-state index is -0.116. The van der Waals surface area contributed by atoms with Crippen molar-refractivity contribution in [2.75, 3.05) is 26.2 Å². The molecule has 33 heavy (non-hydrogen) atoms. The topological polar surface area (TPSA) is 39.3 Å². The molecule has 5 heteroatoms. The van der Waals surface area contributed by atoms with Gasteiger partial charge in [0.2, 0.25) is 5.91 Å². The molecule has 5 rings (SSSR count). The molecule has 0 unspecified atom stereocenters. The molecular weight excluding hydrogens is 413 g/mol. The molecule has 1 saturated heterocycles. The number of unbranched alkanes of at least 4 members (excludes halogenated alkanes) is 2. The number of H-pyrrole nitrogens is 1. The highest BCUT2D eigenvalue weighted by molar-refractivity contribution is 5.84.